The zero-order valence-electron chi connectivity index (χ0n) is 12.8. The van der Waals surface area contributed by atoms with E-state index in [0.29, 0.717) is 0 Å². The van der Waals surface area contributed by atoms with Gasteiger partial charge in [0.15, 0.2) is 0 Å². The Labute approximate surface area is 128 Å². The van der Waals surface area contributed by atoms with Gasteiger partial charge in [0.25, 0.3) is 0 Å². The monoisotopic (exact) mass is 294 g/mol. The molecule has 0 unspecified atom stereocenters. The Morgan fingerprint density at radius 1 is 1.30 bits per heavy atom. The van der Waals surface area contributed by atoms with E-state index in [2.05, 4.69) is 42.4 Å². The number of halogens is 1. The van der Waals surface area contributed by atoms with Gasteiger partial charge in [-0.25, -0.2) is 0 Å². The molecule has 0 aromatic heterocycles. The summed E-state index contributed by atoms with van der Waals surface area (Å²) in [5.74, 6) is 0.849. The third kappa shape index (κ3) is 4.39. The van der Waals surface area contributed by atoms with Crippen LogP contribution in [0.3, 0.4) is 0 Å². The van der Waals surface area contributed by atoms with Gasteiger partial charge in [-0.1, -0.05) is 37.4 Å². The molecule has 1 aromatic rings. The average Bonchev–Trinajstić information content (AvgIpc) is 2.92. The fourth-order valence-electron chi connectivity index (χ4n) is 3.06. The predicted octanol–water partition coefficient (Wildman–Crippen LogP) is 4.47. The van der Waals surface area contributed by atoms with Crippen molar-refractivity contribution in [1.82, 2.24) is 5.32 Å². The minimum Gasteiger partial charge on any atom is -0.373 e. The summed E-state index contributed by atoms with van der Waals surface area (Å²) in [5.41, 5.74) is 2.43. The van der Waals surface area contributed by atoms with Gasteiger partial charge in [-0.05, 0) is 49.4 Å². The molecule has 1 N–H and O–H groups in total. The average molecular weight is 295 g/mol. The maximum atomic E-state index is 6.45. The summed E-state index contributed by atoms with van der Waals surface area (Å²) < 4.78 is 0. The number of anilines is 1. The third-order valence-electron chi connectivity index (χ3n) is 4.19. The quantitative estimate of drug-likeness (QED) is 0.747. The Hall–Kier alpha value is -0.730. The Bertz CT molecular complexity index is 413. The number of nitrogens with zero attached hydrogens (tertiary/aromatic N) is 1. The van der Waals surface area contributed by atoms with E-state index < -0.39 is 0 Å². The summed E-state index contributed by atoms with van der Waals surface area (Å²) in [6.45, 7) is 5.27. The third-order valence-corrected chi connectivity index (χ3v) is 4.49. The van der Waals surface area contributed by atoms with Crippen molar-refractivity contribution < 1.29 is 0 Å². The molecule has 1 fully saturated rings. The fraction of sp³-hybridized carbons (Fsp3) is 0.647. The topological polar surface area (TPSA) is 15.3 Å². The standard InChI is InChI=1S/C17H27ClN2/c1-3-10-19-12-15-8-9-17(16(18)11-15)20(2)13-14-6-4-5-7-14/h8-9,11,14,19H,3-7,10,12-13H2,1-2H3. The highest BCUT2D eigenvalue weighted by Crippen LogP contribution is 2.30. The number of nitrogens with one attached hydrogen (secondary N) is 1. The van der Waals surface area contributed by atoms with Crippen molar-refractivity contribution in [2.45, 2.75) is 45.6 Å². The van der Waals surface area contributed by atoms with E-state index in [9.17, 15) is 0 Å². The van der Waals surface area contributed by atoms with Crippen molar-refractivity contribution in [1.29, 1.82) is 0 Å². The first-order chi connectivity index (χ1) is 9.70. The van der Waals surface area contributed by atoms with E-state index in [0.717, 1.165) is 42.7 Å². The van der Waals surface area contributed by atoms with E-state index in [1.165, 1.54) is 31.2 Å². The summed E-state index contributed by atoms with van der Waals surface area (Å²) >= 11 is 6.45. The molecular weight excluding hydrogens is 268 g/mol. The summed E-state index contributed by atoms with van der Waals surface area (Å²) in [4.78, 5) is 2.32. The van der Waals surface area contributed by atoms with Gasteiger partial charge in [-0.2, -0.15) is 0 Å². The van der Waals surface area contributed by atoms with Crippen molar-refractivity contribution in [3.8, 4) is 0 Å². The van der Waals surface area contributed by atoms with E-state index in [1.807, 2.05) is 0 Å². The molecule has 0 radical (unpaired) electrons. The molecule has 0 saturated heterocycles. The maximum Gasteiger partial charge on any atom is 0.0642 e. The highest BCUT2D eigenvalue weighted by molar-refractivity contribution is 6.33. The van der Waals surface area contributed by atoms with Gasteiger partial charge in [0.1, 0.15) is 0 Å². The van der Waals surface area contributed by atoms with Crippen LogP contribution in [-0.2, 0) is 6.54 Å². The lowest BCUT2D eigenvalue weighted by Crippen LogP contribution is -2.24. The van der Waals surface area contributed by atoms with Gasteiger partial charge in [0.05, 0.1) is 10.7 Å². The minimum absolute atomic E-state index is 0.849. The van der Waals surface area contributed by atoms with Crippen molar-refractivity contribution >= 4 is 17.3 Å². The number of rotatable bonds is 7. The first-order valence-corrected chi connectivity index (χ1v) is 8.28. The van der Waals surface area contributed by atoms with Crippen LogP contribution in [-0.4, -0.2) is 20.1 Å². The van der Waals surface area contributed by atoms with Gasteiger partial charge in [0, 0.05) is 20.1 Å². The first-order valence-electron chi connectivity index (χ1n) is 7.91. The van der Waals surface area contributed by atoms with Crippen molar-refractivity contribution in [3.05, 3.63) is 28.8 Å². The number of benzene rings is 1. The Kier molecular flexibility index (Phi) is 6.18. The molecule has 0 heterocycles. The van der Waals surface area contributed by atoms with E-state index in [-0.39, 0.29) is 0 Å². The van der Waals surface area contributed by atoms with Crippen LogP contribution < -0.4 is 10.2 Å². The molecule has 0 atom stereocenters. The SMILES string of the molecule is CCCNCc1ccc(N(C)CC2CCCC2)c(Cl)c1. The molecule has 1 saturated carbocycles. The normalized spacial score (nSPS) is 15.8. The smallest absolute Gasteiger partial charge is 0.0642 e. The molecule has 2 nitrogen and oxygen atoms in total. The van der Waals surface area contributed by atoms with Crippen molar-refractivity contribution in [3.63, 3.8) is 0 Å². The highest BCUT2D eigenvalue weighted by atomic mass is 35.5. The maximum absolute atomic E-state index is 6.45. The molecule has 0 aliphatic heterocycles. The largest absolute Gasteiger partial charge is 0.373 e. The highest BCUT2D eigenvalue weighted by Gasteiger charge is 2.18. The van der Waals surface area contributed by atoms with Gasteiger partial charge < -0.3 is 10.2 Å². The van der Waals surface area contributed by atoms with Crippen LogP contribution in [0.25, 0.3) is 0 Å². The van der Waals surface area contributed by atoms with E-state index >= 15 is 0 Å². The van der Waals surface area contributed by atoms with Crippen molar-refractivity contribution in [2.24, 2.45) is 5.92 Å². The van der Waals surface area contributed by atoms with Crippen LogP contribution >= 0.6 is 11.6 Å². The molecule has 1 aromatic carbocycles. The predicted molar refractivity (Wildman–Crippen MR) is 88.7 cm³/mol. The van der Waals surface area contributed by atoms with Crippen LogP contribution in [0.2, 0.25) is 5.02 Å². The Balaban J connectivity index is 1.93. The lowest BCUT2D eigenvalue weighted by molar-refractivity contribution is 0.547. The Morgan fingerprint density at radius 3 is 2.70 bits per heavy atom. The second-order valence-corrected chi connectivity index (χ2v) is 6.40. The van der Waals surface area contributed by atoms with E-state index in [4.69, 9.17) is 11.6 Å². The molecule has 1 aliphatic rings. The molecule has 112 valence electrons. The molecular formula is C17H27ClN2. The zero-order valence-corrected chi connectivity index (χ0v) is 13.5. The van der Waals surface area contributed by atoms with Crippen LogP contribution in [0.15, 0.2) is 18.2 Å². The van der Waals surface area contributed by atoms with E-state index in [1.54, 1.807) is 0 Å². The molecule has 2 rings (SSSR count). The molecule has 0 bridgehead atoms. The van der Waals surface area contributed by atoms with Gasteiger partial charge >= 0.3 is 0 Å². The molecule has 1 aliphatic carbocycles. The van der Waals surface area contributed by atoms with Gasteiger partial charge in [-0.15, -0.1) is 0 Å². The van der Waals surface area contributed by atoms with Gasteiger partial charge in [-0.3, -0.25) is 0 Å². The van der Waals surface area contributed by atoms with Crippen LogP contribution in [0, 0.1) is 5.92 Å². The minimum atomic E-state index is 0.849. The summed E-state index contributed by atoms with van der Waals surface area (Å²) in [5, 5.41) is 4.29. The fourth-order valence-corrected chi connectivity index (χ4v) is 3.41. The summed E-state index contributed by atoms with van der Waals surface area (Å²) in [6.07, 6.45) is 6.71. The van der Waals surface area contributed by atoms with Gasteiger partial charge in [0.2, 0.25) is 0 Å². The zero-order chi connectivity index (χ0) is 14.4. The molecule has 0 spiro atoms. The second-order valence-electron chi connectivity index (χ2n) is 5.99. The number of hydrogen-bond acceptors (Lipinski definition) is 2. The lowest BCUT2D eigenvalue weighted by atomic mass is 10.1. The first kappa shape index (κ1) is 15.7. The molecule has 3 heteroatoms. The Morgan fingerprint density at radius 2 is 2.05 bits per heavy atom. The molecule has 20 heavy (non-hydrogen) atoms. The van der Waals surface area contributed by atoms with Crippen LogP contribution in [0.4, 0.5) is 5.69 Å². The van der Waals surface area contributed by atoms with Crippen LogP contribution in [0.1, 0.15) is 44.6 Å². The molecule has 0 amide bonds. The number of hydrogen-bond donors (Lipinski definition) is 1. The summed E-state index contributed by atoms with van der Waals surface area (Å²) in [7, 11) is 2.16. The van der Waals surface area contributed by atoms with Crippen molar-refractivity contribution in [2.75, 3.05) is 25.0 Å². The van der Waals surface area contributed by atoms with Crippen LogP contribution in [0.5, 0.6) is 0 Å². The lowest BCUT2D eigenvalue weighted by Gasteiger charge is -2.24. The summed E-state index contributed by atoms with van der Waals surface area (Å²) in [6, 6.07) is 6.46. The second kappa shape index (κ2) is 7.90.